The predicted molar refractivity (Wildman–Crippen MR) is 123 cm³/mol. The van der Waals surface area contributed by atoms with Crippen LogP contribution >= 0.6 is 22.6 Å². The Hall–Kier alpha value is -1.86. The Labute approximate surface area is 204 Å². The first-order valence-corrected chi connectivity index (χ1v) is 11.6. The van der Waals surface area contributed by atoms with E-state index in [2.05, 4.69) is 5.32 Å². The molecule has 1 aromatic carbocycles. The van der Waals surface area contributed by atoms with Gasteiger partial charge in [0.1, 0.15) is 24.5 Å². The van der Waals surface area contributed by atoms with Gasteiger partial charge in [-0.25, -0.2) is 0 Å². The number of para-hydroxylation sites is 1. The lowest BCUT2D eigenvalue weighted by Gasteiger charge is -2.41. The van der Waals surface area contributed by atoms with Crippen molar-refractivity contribution in [2.75, 3.05) is 19.7 Å². The fourth-order valence-electron chi connectivity index (χ4n) is 3.52. The van der Waals surface area contributed by atoms with Crippen LogP contribution in [0.2, 0.25) is 0 Å². The number of amides is 2. The van der Waals surface area contributed by atoms with Gasteiger partial charge in [0, 0.05) is 25.0 Å². The van der Waals surface area contributed by atoms with Crippen molar-refractivity contribution < 1.29 is 37.7 Å². The molecule has 0 aliphatic heterocycles. The monoisotopic (exact) mass is 584 g/mol. The number of nitrogens with zero attached hydrogens (tertiary/aromatic N) is 1. The average Bonchev–Trinajstić information content (AvgIpc) is 2.72. The quantitative estimate of drug-likeness (QED) is 0.388. The zero-order chi connectivity index (χ0) is 24.8. The second kappa shape index (κ2) is 12.0. The zero-order valence-corrected chi connectivity index (χ0v) is 20.5. The van der Waals surface area contributed by atoms with Gasteiger partial charge in [0.25, 0.3) is 0 Å². The lowest BCUT2D eigenvalue weighted by molar-refractivity contribution is -0.173. The predicted octanol–water partition coefficient (Wildman–Crippen LogP) is 2.64. The molecular formula is C22H28F3IN2O5. The molecule has 0 saturated carbocycles. The van der Waals surface area contributed by atoms with Gasteiger partial charge in [-0.3, -0.25) is 9.59 Å². The molecule has 0 fully saturated rings. The molecule has 1 aromatic rings. The lowest BCUT2D eigenvalue weighted by atomic mass is 9.87. The van der Waals surface area contributed by atoms with Gasteiger partial charge >= 0.3 is 6.18 Å². The van der Waals surface area contributed by atoms with Crippen LogP contribution in [0.1, 0.15) is 26.7 Å². The van der Waals surface area contributed by atoms with Crippen molar-refractivity contribution in [1.82, 2.24) is 10.2 Å². The van der Waals surface area contributed by atoms with E-state index in [9.17, 15) is 27.9 Å². The second-order valence-electron chi connectivity index (χ2n) is 8.18. The van der Waals surface area contributed by atoms with E-state index in [4.69, 9.17) is 9.84 Å². The largest absolute Gasteiger partial charge is 0.482 e. The van der Waals surface area contributed by atoms with Crippen LogP contribution in [0.5, 0.6) is 5.75 Å². The van der Waals surface area contributed by atoms with E-state index >= 15 is 0 Å². The normalized spacial score (nSPS) is 20.9. The molecule has 0 unspecified atom stereocenters. The molecule has 1 aliphatic carbocycles. The number of benzene rings is 1. The maximum Gasteiger partial charge on any atom is 0.406 e. The average molecular weight is 584 g/mol. The summed E-state index contributed by atoms with van der Waals surface area (Å²) in [6.45, 7) is 1.49. The Morgan fingerprint density at radius 2 is 1.97 bits per heavy atom. The number of aliphatic hydroxyl groups is 2. The highest BCUT2D eigenvalue weighted by Crippen LogP contribution is 2.31. The van der Waals surface area contributed by atoms with Crippen LogP contribution in [0.4, 0.5) is 13.2 Å². The number of nitrogens with one attached hydrogen (secondary N) is 1. The van der Waals surface area contributed by atoms with Crippen LogP contribution in [0.25, 0.3) is 0 Å². The van der Waals surface area contributed by atoms with Gasteiger partial charge in [0.2, 0.25) is 11.8 Å². The van der Waals surface area contributed by atoms with E-state index in [1.165, 1.54) is 6.08 Å². The molecular weight excluding hydrogens is 556 g/mol. The molecule has 7 nitrogen and oxygen atoms in total. The molecule has 0 bridgehead atoms. The van der Waals surface area contributed by atoms with Gasteiger partial charge in [-0.2, -0.15) is 13.2 Å². The van der Waals surface area contributed by atoms with Crippen molar-refractivity contribution in [2.45, 2.75) is 51.1 Å². The lowest BCUT2D eigenvalue weighted by Crippen LogP contribution is -2.57. The van der Waals surface area contributed by atoms with Crippen LogP contribution in [0, 0.1) is 9.49 Å². The maximum atomic E-state index is 13.4. The number of alkyl halides is 3. The smallest absolute Gasteiger partial charge is 0.406 e. The SMILES string of the molecule is CC(C)CC(=O)N(CC(F)(F)F)[C@@H]1CC(C(=O)NCCO)=C[C@H](Oc2ccccc2I)[C@H]1O. The van der Waals surface area contributed by atoms with Crippen LogP contribution in [-0.4, -0.2) is 71.0 Å². The summed E-state index contributed by atoms with van der Waals surface area (Å²) in [4.78, 5) is 25.9. The summed E-state index contributed by atoms with van der Waals surface area (Å²) in [6, 6.07) is 5.53. The van der Waals surface area contributed by atoms with Gasteiger partial charge in [-0.15, -0.1) is 0 Å². The van der Waals surface area contributed by atoms with Crippen molar-refractivity contribution in [1.29, 1.82) is 0 Å². The van der Waals surface area contributed by atoms with Gasteiger partial charge in [0.15, 0.2) is 0 Å². The minimum Gasteiger partial charge on any atom is -0.482 e. The number of hydrogen-bond donors (Lipinski definition) is 3. The topological polar surface area (TPSA) is 99.1 Å². The second-order valence-corrected chi connectivity index (χ2v) is 9.34. The molecule has 0 aromatic heterocycles. The van der Waals surface area contributed by atoms with E-state index in [1.807, 2.05) is 22.6 Å². The van der Waals surface area contributed by atoms with E-state index in [-0.39, 0.29) is 37.5 Å². The summed E-state index contributed by atoms with van der Waals surface area (Å²) in [5.74, 6) is -1.20. The number of aliphatic hydroxyl groups excluding tert-OH is 2. The number of hydrogen-bond acceptors (Lipinski definition) is 5. The first-order chi connectivity index (χ1) is 15.4. The Morgan fingerprint density at radius 3 is 2.55 bits per heavy atom. The van der Waals surface area contributed by atoms with Crippen molar-refractivity contribution in [2.24, 2.45) is 5.92 Å². The highest BCUT2D eigenvalue weighted by molar-refractivity contribution is 14.1. The fourth-order valence-corrected chi connectivity index (χ4v) is 4.03. The number of ether oxygens (including phenoxy) is 1. The molecule has 0 saturated heterocycles. The third-order valence-corrected chi connectivity index (χ3v) is 5.86. The highest BCUT2D eigenvalue weighted by atomic mass is 127. The molecule has 33 heavy (non-hydrogen) atoms. The van der Waals surface area contributed by atoms with Gasteiger partial charge in [-0.1, -0.05) is 26.0 Å². The van der Waals surface area contributed by atoms with E-state index in [0.717, 1.165) is 0 Å². The maximum absolute atomic E-state index is 13.4. The highest BCUT2D eigenvalue weighted by Gasteiger charge is 2.44. The molecule has 3 N–H and O–H groups in total. The molecule has 184 valence electrons. The summed E-state index contributed by atoms with van der Waals surface area (Å²) in [5, 5.41) is 22.4. The molecule has 0 radical (unpaired) electrons. The van der Waals surface area contributed by atoms with Crippen molar-refractivity contribution in [3.05, 3.63) is 39.5 Å². The standard InChI is InChI=1S/C22H28F3IN2O5/c1-13(2)9-19(30)28(12-22(23,24)25)16-10-14(21(32)27-7-8-29)11-18(20(16)31)33-17-6-4-3-5-15(17)26/h3-6,11,13,16,18,20,29,31H,7-10,12H2,1-2H3,(H,27,32)/t16-,18+,20+/m1/s1. The first-order valence-electron chi connectivity index (χ1n) is 10.5. The zero-order valence-electron chi connectivity index (χ0n) is 18.3. The Balaban J connectivity index is 2.44. The number of carbonyl (C=O) groups is 2. The Bertz CT molecular complexity index is 863. The van der Waals surface area contributed by atoms with Gasteiger partial charge in [-0.05, 0) is 46.7 Å². The summed E-state index contributed by atoms with van der Waals surface area (Å²) < 4.78 is 46.7. The van der Waals surface area contributed by atoms with Crippen molar-refractivity contribution in [3.63, 3.8) is 0 Å². The molecule has 11 heteroatoms. The van der Waals surface area contributed by atoms with Crippen LogP contribution in [0.3, 0.4) is 0 Å². The molecule has 1 aliphatic rings. The van der Waals surface area contributed by atoms with E-state index in [0.29, 0.717) is 14.2 Å². The summed E-state index contributed by atoms with van der Waals surface area (Å²) >= 11 is 2.01. The fraction of sp³-hybridized carbons (Fsp3) is 0.545. The van der Waals surface area contributed by atoms with Crippen molar-refractivity contribution in [3.8, 4) is 5.75 Å². The first kappa shape index (κ1) is 27.4. The molecule has 3 atom stereocenters. The summed E-state index contributed by atoms with van der Waals surface area (Å²) in [6.07, 6.45) is -6.44. The Kier molecular flexibility index (Phi) is 9.98. The minimum absolute atomic E-state index is 0.0515. The minimum atomic E-state index is -4.70. The van der Waals surface area contributed by atoms with Gasteiger partial charge in [0.05, 0.1) is 16.2 Å². The molecule has 0 spiro atoms. The van der Waals surface area contributed by atoms with Crippen LogP contribution < -0.4 is 10.1 Å². The number of halogens is 4. The molecule has 0 heterocycles. The van der Waals surface area contributed by atoms with Gasteiger partial charge < -0.3 is 25.2 Å². The number of rotatable bonds is 9. The van der Waals surface area contributed by atoms with Crippen molar-refractivity contribution >= 4 is 34.4 Å². The molecule has 2 amide bonds. The van der Waals surface area contributed by atoms with E-state index < -0.39 is 42.8 Å². The molecule has 2 rings (SSSR count). The third kappa shape index (κ3) is 8.14. The van der Waals surface area contributed by atoms with E-state index in [1.54, 1.807) is 38.1 Å². The van der Waals surface area contributed by atoms with Crippen LogP contribution in [0.15, 0.2) is 35.9 Å². The third-order valence-electron chi connectivity index (χ3n) is 4.97. The Morgan fingerprint density at radius 1 is 1.30 bits per heavy atom. The van der Waals surface area contributed by atoms with Crippen LogP contribution in [-0.2, 0) is 9.59 Å². The summed E-state index contributed by atoms with van der Waals surface area (Å²) in [7, 11) is 0. The summed E-state index contributed by atoms with van der Waals surface area (Å²) in [5.41, 5.74) is 0.0687. The number of carbonyl (C=O) groups excluding carboxylic acids is 2.